The van der Waals surface area contributed by atoms with Crippen LogP contribution in [0.2, 0.25) is 0 Å². The van der Waals surface area contributed by atoms with Crippen LogP contribution in [0.5, 0.6) is 0 Å². The van der Waals surface area contributed by atoms with E-state index in [0.717, 1.165) is 10.9 Å². The van der Waals surface area contributed by atoms with E-state index in [-0.39, 0.29) is 5.91 Å². The molecule has 112 valence electrons. The van der Waals surface area contributed by atoms with Gasteiger partial charge in [0, 0.05) is 35.6 Å². The largest absolute Gasteiger partial charge is 0.360 e. The van der Waals surface area contributed by atoms with Crippen molar-refractivity contribution in [3.8, 4) is 5.82 Å². The number of aromatic nitrogens is 5. The molecule has 0 aliphatic heterocycles. The van der Waals surface area contributed by atoms with E-state index in [9.17, 15) is 4.79 Å². The number of imidazole rings is 1. The van der Waals surface area contributed by atoms with Crippen molar-refractivity contribution >= 4 is 22.6 Å². The van der Waals surface area contributed by atoms with E-state index >= 15 is 0 Å². The lowest BCUT2D eigenvalue weighted by molar-refractivity contribution is 0.102. The topological polar surface area (TPSA) is 88.5 Å². The summed E-state index contributed by atoms with van der Waals surface area (Å²) in [5.74, 6) is 0.837. The van der Waals surface area contributed by atoms with E-state index in [1.165, 1.54) is 6.33 Å². The van der Waals surface area contributed by atoms with Gasteiger partial charge in [-0.25, -0.2) is 15.0 Å². The number of rotatable bonds is 3. The van der Waals surface area contributed by atoms with Gasteiger partial charge in [-0.05, 0) is 6.07 Å². The molecule has 0 radical (unpaired) electrons. The number of aromatic amines is 1. The molecule has 0 spiro atoms. The van der Waals surface area contributed by atoms with E-state index in [4.69, 9.17) is 0 Å². The maximum Gasteiger partial charge on any atom is 0.258 e. The van der Waals surface area contributed by atoms with Crippen LogP contribution in [0.4, 0.5) is 5.82 Å². The highest BCUT2D eigenvalue weighted by Gasteiger charge is 2.12. The molecule has 23 heavy (non-hydrogen) atoms. The van der Waals surface area contributed by atoms with E-state index in [1.54, 1.807) is 35.6 Å². The summed E-state index contributed by atoms with van der Waals surface area (Å²) in [6.07, 6.45) is 8.16. The van der Waals surface area contributed by atoms with E-state index < -0.39 is 0 Å². The average Bonchev–Trinajstić information content (AvgIpc) is 3.25. The molecule has 2 N–H and O–H groups in total. The number of nitrogens with zero attached hydrogens (tertiary/aromatic N) is 4. The molecule has 1 amide bonds. The highest BCUT2D eigenvalue weighted by molar-refractivity contribution is 6.12. The molecular formula is C16H12N6O. The van der Waals surface area contributed by atoms with Gasteiger partial charge in [-0.3, -0.25) is 9.36 Å². The summed E-state index contributed by atoms with van der Waals surface area (Å²) in [6, 6.07) is 9.33. The van der Waals surface area contributed by atoms with Gasteiger partial charge in [0.15, 0.2) is 0 Å². The number of benzene rings is 1. The number of hydrogen-bond donors (Lipinski definition) is 2. The van der Waals surface area contributed by atoms with Gasteiger partial charge in [-0.1, -0.05) is 18.2 Å². The third-order valence-corrected chi connectivity index (χ3v) is 3.50. The van der Waals surface area contributed by atoms with Crippen molar-refractivity contribution in [2.24, 2.45) is 0 Å². The molecule has 0 saturated heterocycles. The highest BCUT2D eigenvalue weighted by atomic mass is 16.1. The third-order valence-electron chi connectivity index (χ3n) is 3.50. The molecule has 0 unspecified atom stereocenters. The predicted octanol–water partition coefficient (Wildman–Crippen LogP) is 2.40. The fourth-order valence-electron chi connectivity index (χ4n) is 2.39. The number of hydrogen-bond acceptors (Lipinski definition) is 4. The molecule has 3 heterocycles. The van der Waals surface area contributed by atoms with Crippen LogP contribution in [-0.4, -0.2) is 30.4 Å². The Labute approximate surface area is 131 Å². The number of nitrogens with one attached hydrogen (secondary N) is 2. The molecule has 0 saturated carbocycles. The van der Waals surface area contributed by atoms with Crippen LogP contribution in [0.15, 0.2) is 61.6 Å². The third kappa shape index (κ3) is 2.44. The Morgan fingerprint density at radius 2 is 2.13 bits per heavy atom. The van der Waals surface area contributed by atoms with Crippen molar-refractivity contribution in [1.29, 1.82) is 0 Å². The normalized spacial score (nSPS) is 10.8. The Morgan fingerprint density at radius 3 is 3.00 bits per heavy atom. The molecule has 4 aromatic rings. The zero-order chi connectivity index (χ0) is 15.6. The summed E-state index contributed by atoms with van der Waals surface area (Å²) in [5, 5.41) is 3.66. The molecular weight excluding hydrogens is 292 g/mol. The van der Waals surface area contributed by atoms with Gasteiger partial charge >= 0.3 is 0 Å². The van der Waals surface area contributed by atoms with Crippen molar-refractivity contribution in [2.45, 2.75) is 0 Å². The minimum atomic E-state index is -0.224. The lowest BCUT2D eigenvalue weighted by Gasteiger charge is -2.05. The van der Waals surface area contributed by atoms with Gasteiger partial charge in [-0.15, -0.1) is 0 Å². The van der Waals surface area contributed by atoms with Gasteiger partial charge < -0.3 is 10.3 Å². The smallest absolute Gasteiger partial charge is 0.258 e. The molecule has 0 aliphatic carbocycles. The number of carbonyl (C=O) groups excluding carboxylic acids is 1. The fraction of sp³-hybridized carbons (Fsp3) is 0. The first kappa shape index (κ1) is 13.2. The first-order valence-corrected chi connectivity index (χ1v) is 6.99. The molecule has 0 fully saturated rings. The quantitative estimate of drug-likeness (QED) is 0.608. The zero-order valence-corrected chi connectivity index (χ0v) is 12.0. The van der Waals surface area contributed by atoms with Crippen LogP contribution in [0.1, 0.15) is 10.4 Å². The number of H-pyrrole nitrogens is 1. The van der Waals surface area contributed by atoms with Crippen LogP contribution >= 0.6 is 0 Å². The minimum absolute atomic E-state index is 0.224. The van der Waals surface area contributed by atoms with Gasteiger partial charge in [0.1, 0.15) is 24.3 Å². The molecule has 7 nitrogen and oxygen atoms in total. The summed E-state index contributed by atoms with van der Waals surface area (Å²) in [4.78, 5) is 27.8. The first-order valence-electron chi connectivity index (χ1n) is 6.99. The van der Waals surface area contributed by atoms with Crippen molar-refractivity contribution in [3.05, 3.63) is 67.1 Å². The second-order valence-electron chi connectivity index (χ2n) is 4.93. The molecule has 1 aromatic carbocycles. The van der Waals surface area contributed by atoms with Crippen LogP contribution < -0.4 is 5.32 Å². The summed E-state index contributed by atoms with van der Waals surface area (Å²) < 4.78 is 1.74. The van der Waals surface area contributed by atoms with E-state index in [2.05, 4.69) is 25.3 Å². The molecule has 0 bridgehead atoms. The minimum Gasteiger partial charge on any atom is -0.360 e. The second-order valence-corrected chi connectivity index (χ2v) is 4.93. The Balaban J connectivity index is 1.63. The average molecular weight is 304 g/mol. The molecule has 0 aliphatic rings. The van der Waals surface area contributed by atoms with Crippen LogP contribution in [0, 0.1) is 0 Å². The van der Waals surface area contributed by atoms with Crippen LogP contribution in [0.25, 0.3) is 16.7 Å². The number of amides is 1. The molecule has 3 aromatic heterocycles. The summed E-state index contributed by atoms with van der Waals surface area (Å²) in [7, 11) is 0. The predicted molar refractivity (Wildman–Crippen MR) is 85.4 cm³/mol. The van der Waals surface area contributed by atoms with E-state index in [0.29, 0.717) is 17.2 Å². The summed E-state index contributed by atoms with van der Waals surface area (Å²) in [6.45, 7) is 0. The Hall–Kier alpha value is -3.48. The fourth-order valence-corrected chi connectivity index (χ4v) is 2.39. The lowest BCUT2D eigenvalue weighted by Crippen LogP contribution is -2.13. The first-order chi connectivity index (χ1) is 11.3. The van der Waals surface area contributed by atoms with Crippen molar-refractivity contribution in [1.82, 2.24) is 24.5 Å². The second kappa shape index (κ2) is 5.38. The Morgan fingerprint density at radius 1 is 1.22 bits per heavy atom. The lowest BCUT2D eigenvalue weighted by atomic mass is 10.1. The maximum absolute atomic E-state index is 12.5. The number of fused-ring (bicyclic) bond motifs is 1. The van der Waals surface area contributed by atoms with Crippen molar-refractivity contribution < 1.29 is 4.79 Å². The van der Waals surface area contributed by atoms with Gasteiger partial charge in [0.2, 0.25) is 0 Å². The monoisotopic (exact) mass is 304 g/mol. The summed E-state index contributed by atoms with van der Waals surface area (Å²) in [5.41, 5.74) is 1.49. The zero-order valence-electron chi connectivity index (χ0n) is 12.0. The van der Waals surface area contributed by atoms with E-state index in [1.807, 2.05) is 24.3 Å². The molecule has 4 rings (SSSR count). The standard InChI is InChI=1S/C16H12N6O/c23-16(12-8-18-13-4-2-1-3-11(12)13)21-14-7-15(20-9-19-14)22-6-5-17-10-22/h1-10,18H,(H,19,20,21,23). The number of para-hydroxylation sites is 1. The summed E-state index contributed by atoms with van der Waals surface area (Å²) >= 11 is 0. The molecule has 0 atom stereocenters. The highest BCUT2D eigenvalue weighted by Crippen LogP contribution is 2.19. The SMILES string of the molecule is O=C(Nc1cc(-n2ccnc2)ncn1)c1c[nH]c2ccccc12. The number of anilines is 1. The van der Waals surface area contributed by atoms with Crippen LogP contribution in [-0.2, 0) is 0 Å². The number of carbonyl (C=O) groups is 1. The maximum atomic E-state index is 12.5. The van der Waals surface area contributed by atoms with Crippen molar-refractivity contribution in [2.75, 3.05) is 5.32 Å². The Kier molecular flexibility index (Phi) is 3.09. The van der Waals surface area contributed by atoms with Crippen LogP contribution in [0.3, 0.4) is 0 Å². The van der Waals surface area contributed by atoms with Crippen molar-refractivity contribution in [3.63, 3.8) is 0 Å². The van der Waals surface area contributed by atoms with Gasteiger partial charge in [-0.2, -0.15) is 0 Å². The van der Waals surface area contributed by atoms with Gasteiger partial charge in [0.25, 0.3) is 5.91 Å². The Bertz CT molecular complexity index is 973. The molecule has 7 heteroatoms. The van der Waals surface area contributed by atoms with Gasteiger partial charge in [0.05, 0.1) is 5.56 Å².